The molecular weight excluding hydrogens is 254 g/mol. The zero-order valence-corrected chi connectivity index (χ0v) is 12.4. The molecule has 0 aliphatic carbocycles. The monoisotopic (exact) mass is 277 g/mol. The molecule has 2 rings (SSSR count). The summed E-state index contributed by atoms with van der Waals surface area (Å²) in [7, 11) is 0. The van der Waals surface area contributed by atoms with Gasteiger partial charge in [0.15, 0.2) is 0 Å². The SMILES string of the molecule is CC(C)c1ccc(C(=O)N2CC(CO)OCC2C)cc1. The van der Waals surface area contributed by atoms with E-state index in [4.69, 9.17) is 4.74 Å². The molecular formula is C16H23NO3. The van der Waals surface area contributed by atoms with Gasteiger partial charge in [-0.2, -0.15) is 0 Å². The summed E-state index contributed by atoms with van der Waals surface area (Å²) in [5.74, 6) is 0.467. The maximum atomic E-state index is 12.5. The third kappa shape index (κ3) is 3.19. The lowest BCUT2D eigenvalue weighted by atomic mass is 10.0. The molecule has 1 aliphatic heterocycles. The second-order valence-electron chi connectivity index (χ2n) is 5.72. The number of aliphatic hydroxyl groups excluding tert-OH is 1. The second-order valence-corrected chi connectivity index (χ2v) is 5.72. The van der Waals surface area contributed by atoms with Crippen LogP contribution in [0.1, 0.15) is 42.6 Å². The molecule has 110 valence electrons. The number of morpholine rings is 1. The number of ether oxygens (including phenoxy) is 1. The topological polar surface area (TPSA) is 49.8 Å². The van der Waals surface area contributed by atoms with Crippen molar-refractivity contribution < 1.29 is 14.6 Å². The van der Waals surface area contributed by atoms with Crippen LogP contribution in [0.5, 0.6) is 0 Å². The molecule has 1 fully saturated rings. The number of rotatable bonds is 3. The van der Waals surface area contributed by atoms with Gasteiger partial charge in [-0.3, -0.25) is 4.79 Å². The van der Waals surface area contributed by atoms with Crippen molar-refractivity contribution in [2.45, 2.75) is 38.8 Å². The van der Waals surface area contributed by atoms with E-state index in [2.05, 4.69) is 13.8 Å². The Balaban J connectivity index is 2.13. The van der Waals surface area contributed by atoms with Crippen molar-refractivity contribution in [1.82, 2.24) is 4.90 Å². The lowest BCUT2D eigenvalue weighted by Gasteiger charge is -2.37. The minimum atomic E-state index is -0.273. The summed E-state index contributed by atoms with van der Waals surface area (Å²) in [4.78, 5) is 14.3. The average Bonchev–Trinajstić information content (AvgIpc) is 2.47. The molecule has 1 saturated heterocycles. The van der Waals surface area contributed by atoms with Gasteiger partial charge < -0.3 is 14.7 Å². The minimum Gasteiger partial charge on any atom is -0.394 e. The third-order valence-corrected chi connectivity index (χ3v) is 3.79. The Kier molecular flexibility index (Phi) is 4.78. The summed E-state index contributed by atoms with van der Waals surface area (Å²) < 4.78 is 5.46. The van der Waals surface area contributed by atoms with E-state index in [0.29, 0.717) is 24.6 Å². The smallest absolute Gasteiger partial charge is 0.254 e. The number of carbonyl (C=O) groups excluding carboxylic acids is 1. The fourth-order valence-electron chi connectivity index (χ4n) is 2.39. The molecule has 1 aliphatic rings. The zero-order chi connectivity index (χ0) is 14.7. The Morgan fingerprint density at radius 1 is 1.40 bits per heavy atom. The van der Waals surface area contributed by atoms with Crippen LogP contribution in [0, 0.1) is 0 Å². The van der Waals surface area contributed by atoms with Crippen molar-refractivity contribution in [3.05, 3.63) is 35.4 Å². The first-order valence-corrected chi connectivity index (χ1v) is 7.16. The molecule has 1 N–H and O–H groups in total. The summed E-state index contributed by atoms with van der Waals surface area (Å²) in [6.45, 7) is 7.10. The molecule has 0 saturated carbocycles. The molecule has 4 nitrogen and oxygen atoms in total. The number of hydrogen-bond acceptors (Lipinski definition) is 3. The second kappa shape index (κ2) is 6.37. The highest BCUT2D eigenvalue weighted by atomic mass is 16.5. The van der Waals surface area contributed by atoms with Gasteiger partial charge >= 0.3 is 0 Å². The van der Waals surface area contributed by atoms with E-state index in [1.807, 2.05) is 31.2 Å². The number of carbonyl (C=O) groups is 1. The van der Waals surface area contributed by atoms with Crippen LogP contribution in [0.3, 0.4) is 0 Å². The van der Waals surface area contributed by atoms with E-state index in [9.17, 15) is 9.90 Å². The number of hydrogen-bond donors (Lipinski definition) is 1. The first-order chi connectivity index (χ1) is 9.52. The molecule has 4 heteroatoms. The summed E-state index contributed by atoms with van der Waals surface area (Å²) in [6.07, 6.45) is -0.273. The van der Waals surface area contributed by atoms with Crippen LogP contribution in [0.25, 0.3) is 0 Å². The predicted molar refractivity (Wildman–Crippen MR) is 77.9 cm³/mol. The molecule has 0 spiro atoms. The standard InChI is InChI=1S/C16H23NO3/c1-11(2)13-4-6-14(7-5-13)16(19)17-8-15(9-18)20-10-12(17)3/h4-7,11-12,15,18H,8-10H2,1-3H3. The number of benzene rings is 1. The minimum absolute atomic E-state index is 0.00885. The summed E-state index contributed by atoms with van der Waals surface area (Å²) in [6, 6.07) is 7.82. The number of aliphatic hydroxyl groups is 1. The highest BCUT2D eigenvalue weighted by Gasteiger charge is 2.29. The molecule has 0 radical (unpaired) electrons. The summed E-state index contributed by atoms with van der Waals surface area (Å²) >= 11 is 0. The average molecular weight is 277 g/mol. The Labute approximate surface area is 120 Å². The van der Waals surface area contributed by atoms with Gasteiger partial charge in [-0.1, -0.05) is 26.0 Å². The quantitative estimate of drug-likeness (QED) is 0.919. The zero-order valence-electron chi connectivity index (χ0n) is 12.4. The van der Waals surface area contributed by atoms with E-state index in [-0.39, 0.29) is 24.7 Å². The van der Waals surface area contributed by atoms with E-state index in [1.165, 1.54) is 5.56 Å². The maximum Gasteiger partial charge on any atom is 0.254 e. The molecule has 2 unspecified atom stereocenters. The van der Waals surface area contributed by atoms with Crippen LogP contribution >= 0.6 is 0 Å². The van der Waals surface area contributed by atoms with Crippen molar-refractivity contribution in [2.24, 2.45) is 0 Å². The highest BCUT2D eigenvalue weighted by molar-refractivity contribution is 5.94. The van der Waals surface area contributed by atoms with Crippen LogP contribution in [-0.4, -0.2) is 47.8 Å². The van der Waals surface area contributed by atoms with Crippen LogP contribution in [0.2, 0.25) is 0 Å². The van der Waals surface area contributed by atoms with Gasteiger partial charge in [0.05, 0.1) is 25.4 Å². The lowest BCUT2D eigenvalue weighted by molar-refractivity contribution is -0.0667. The third-order valence-electron chi connectivity index (χ3n) is 3.79. The van der Waals surface area contributed by atoms with Crippen molar-refractivity contribution in [3.8, 4) is 0 Å². The molecule has 0 aromatic heterocycles. The largest absolute Gasteiger partial charge is 0.394 e. The van der Waals surface area contributed by atoms with Gasteiger partial charge in [0.2, 0.25) is 0 Å². The van der Waals surface area contributed by atoms with E-state index >= 15 is 0 Å². The van der Waals surface area contributed by atoms with E-state index in [1.54, 1.807) is 4.90 Å². The van der Waals surface area contributed by atoms with Gasteiger partial charge in [-0.25, -0.2) is 0 Å². The Bertz CT molecular complexity index is 455. The van der Waals surface area contributed by atoms with Crippen LogP contribution in [-0.2, 0) is 4.74 Å². The Morgan fingerprint density at radius 2 is 2.05 bits per heavy atom. The van der Waals surface area contributed by atoms with Crippen molar-refractivity contribution >= 4 is 5.91 Å². The number of nitrogens with zero attached hydrogens (tertiary/aromatic N) is 1. The van der Waals surface area contributed by atoms with Crippen LogP contribution in [0.4, 0.5) is 0 Å². The number of amides is 1. The first-order valence-electron chi connectivity index (χ1n) is 7.16. The van der Waals surface area contributed by atoms with Gasteiger partial charge in [0.25, 0.3) is 5.91 Å². The molecule has 1 aromatic rings. The van der Waals surface area contributed by atoms with Crippen molar-refractivity contribution in [2.75, 3.05) is 19.8 Å². The Hall–Kier alpha value is -1.39. The molecule has 2 atom stereocenters. The van der Waals surface area contributed by atoms with E-state index in [0.717, 1.165) is 0 Å². The normalized spacial score (nSPS) is 23.1. The predicted octanol–water partition coefficient (Wildman–Crippen LogP) is 2.03. The lowest BCUT2D eigenvalue weighted by Crippen LogP contribution is -2.52. The van der Waals surface area contributed by atoms with Crippen molar-refractivity contribution in [1.29, 1.82) is 0 Å². The molecule has 0 bridgehead atoms. The summed E-state index contributed by atoms with van der Waals surface area (Å²) in [5.41, 5.74) is 1.92. The first kappa shape index (κ1) is 15.0. The summed E-state index contributed by atoms with van der Waals surface area (Å²) in [5, 5.41) is 9.18. The van der Waals surface area contributed by atoms with Crippen LogP contribution < -0.4 is 0 Å². The Morgan fingerprint density at radius 3 is 2.60 bits per heavy atom. The fourth-order valence-corrected chi connectivity index (χ4v) is 2.39. The molecule has 20 heavy (non-hydrogen) atoms. The molecule has 1 amide bonds. The van der Waals surface area contributed by atoms with Gasteiger partial charge in [0.1, 0.15) is 0 Å². The van der Waals surface area contributed by atoms with Crippen LogP contribution in [0.15, 0.2) is 24.3 Å². The highest BCUT2D eigenvalue weighted by Crippen LogP contribution is 2.18. The van der Waals surface area contributed by atoms with Gasteiger partial charge in [-0.15, -0.1) is 0 Å². The van der Waals surface area contributed by atoms with Gasteiger partial charge in [0, 0.05) is 12.1 Å². The maximum absolute atomic E-state index is 12.5. The molecule has 1 aromatic carbocycles. The van der Waals surface area contributed by atoms with Gasteiger partial charge in [-0.05, 0) is 30.5 Å². The van der Waals surface area contributed by atoms with E-state index < -0.39 is 0 Å². The molecule has 1 heterocycles. The fraction of sp³-hybridized carbons (Fsp3) is 0.562. The van der Waals surface area contributed by atoms with Crippen molar-refractivity contribution in [3.63, 3.8) is 0 Å².